The third kappa shape index (κ3) is 3.54. The first kappa shape index (κ1) is 15.4. The Bertz CT molecular complexity index is 688. The Morgan fingerprint density at radius 2 is 1.91 bits per heavy atom. The monoisotopic (exact) mass is 301 g/mol. The van der Waals surface area contributed by atoms with Crippen molar-refractivity contribution in [3.63, 3.8) is 0 Å². The lowest BCUT2D eigenvalue weighted by atomic mass is 10.1. The van der Waals surface area contributed by atoms with E-state index in [1.165, 1.54) is 32.6 Å². The van der Waals surface area contributed by atoms with Crippen LogP contribution in [0.5, 0.6) is 5.75 Å². The molecule has 6 heteroatoms. The number of esters is 1. The third-order valence-corrected chi connectivity index (χ3v) is 2.84. The first-order valence-corrected chi connectivity index (χ1v) is 6.43. The maximum atomic E-state index is 12.0. The highest BCUT2D eigenvalue weighted by molar-refractivity contribution is 6.02. The van der Waals surface area contributed by atoms with Crippen LogP contribution in [0, 0.1) is 0 Å². The molecular weight excluding hydrogens is 286 g/mol. The number of rotatable bonds is 5. The summed E-state index contributed by atoms with van der Waals surface area (Å²) in [4.78, 5) is 23.8. The predicted octanol–water partition coefficient (Wildman–Crippen LogP) is 2.23. The maximum absolute atomic E-state index is 12.0. The van der Waals surface area contributed by atoms with E-state index in [9.17, 15) is 9.59 Å². The minimum absolute atomic E-state index is 0.0200. The summed E-state index contributed by atoms with van der Waals surface area (Å²) in [5.74, 6) is -0.562. The highest BCUT2D eigenvalue weighted by atomic mass is 16.5. The summed E-state index contributed by atoms with van der Waals surface area (Å²) in [5.41, 5.74) is 0.610. The van der Waals surface area contributed by atoms with Crippen LogP contribution in [0.15, 0.2) is 52.8 Å². The first-order chi connectivity index (χ1) is 10.7. The molecule has 2 aromatic rings. The summed E-state index contributed by atoms with van der Waals surface area (Å²) >= 11 is 0. The van der Waals surface area contributed by atoms with Crippen molar-refractivity contribution in [1.29, 1.82) is 0 Å². The summed E-state index contributed by atoms with van der Waals surface area (Å²) < 4.78 is 14.9. The van der Waals surface area contributed by atoms with Gasteiger partial charge in [-0.2, -0.15) is 0 Å². The van der Waals surface area contributed by atoms with Gasteiger partial charge in [0.2, 0.25) is 0 Å². The summed E-state index contributed by atoms with van der Waals surface area (Å²) in [6.45, 7) is 0. The summed E-state index contributed by atoms with van der Waals surface area (Å²) in [6.07, 6.45) is 2.85. The summed E-state index contributed by atoms with van der Waals surface area (Å²) in [7, 11) is 2.75. The maximum Gasteiger partial charge on any atom is 0.354 e. The molecular formula is C16H15NO5. The standard InChI is InChI=1S/C16H15NO5/c1-20-13-7-4-3-6-11(13)10-12(16(19)21-2)17-15(18)14-8-5-9-22-14/h3-10H,1-2H3,(H,17,18)/b12-10+. The van der Waals surface area contributed by atoms with Crippen LogP contribution in [0.2, 0.25) is 0 Å². The average molecular weight is 301 g/mol. The molecule has 0 aliphatic carbocycles. The highest BCUT2D eigenvalue weighted by Gasteiger charge is 2.17. The number of hydrogen-bond acceptors (Lipinski definition) is 5. The molecule has 0 radical (unpaired) electrons. The molecule has 0 fully saturated rings. The Morgan fingerprint density at radius 3 is 2.55 bits per heavy atom. The number of para-hydroxylation sites is 1. The van der Waals surface area contributed by atoms with Crippen LogP contribution in [-0.2, 0) is 9.53 Å². The molecule has 1 aromatic heterocycles. The zero-order valence-electron chi connectivity index (χ0n) is 12.2. The predicted molar refractivity (Wildman–Crippen MR) is 79.2 cm³/mol. The molecule has 2 rings (SSSR count). The molecule has 1 N–H and O–H groups in total. The molecule has 1 amide bonds. The molecule has 1 heterocycles. The van der Waals surface area contributed by atoms with Gasteiger partial charge in [-0.1, -0.05) is 18.2 Å². The topological polar surface area (TPSA) is 77.8 Å². The first-order valence-electron chi connectivity index (χ1n) is 6.43. The molecule has 1 aromatic carbocycles. The average Bonchev–Trinajstić information content (AvgIpc) is 3.08. The van der Waals surface area contributed by atoms with Crippen LogP contribution < -0.4 is 10.1 Å². The van der Waals surface area contributed by atoms with Crippen LogP contribution >= 0.6 is 0 Å². The fourth-order valence-corrected chi connectivity index (χ4v) is 1.79. The largest absolute Gasteiger partial charge is 0.496 e. The quantitative estimate of drug-likeness (QED) is 0.677. The zero-order valence-corrected chi connectivity index (χ0v) is 12.2. The molecule has 114 valence electrons. The number of methoxy groups -OCH3 is 2. The molecule has 0 saturated carbocycles. The number of furan rings is 1. The molecule has 0 aliphatic heterocycles. The van der Waals surface area contributed by atoms with Gasteiger partial charge in [0.05, 0.1) is 20.5 Å². The number of carbonyl (C=O) groups excluding carboxylic acids is 2. The molecule has 0 atom stereocenters. The lowest BCUT2D eigenvalue weighted by Gasteiger charge is -2.09. The van der Waals surface area contributed by atoms with E-state index in [2.05, 4.69) is 10.1 Å². The van der Waals surface area contributed by atoms with Gasteiger partial charge in [0, 0.05) is 5.56 Å². The van der Waals surface area contributed by atoms with Crippen molar-refractivity contribution < 1.29 is 23.5 Å². The smallest absolute Gasteiger partial charge is 0.354 e. The Hall–Kier alpha value is -3.02. The van der Waals surface area contributed by atoms with Crippen LogP contribution in [0.4, 0.5) is 0 Å². The fraction of sp³-hybridized carbons (Fsp3) is 0.125. The highest BCUT2D eigenvalue weighted by Crippen LogP contribution is 2.20. The van der Waals surface area contributed by atoms with Crippen molar-refractivity contribution in [2.24, 2.45) is 0 Å². The third-order valence-electron chi connectivity index (χ3n) is 2.84. The molecule has 22 heavy (non-hydrogen) atoms. The van der Waals surface area contributed by atoms with E-state index in [4.69, 9.17) is 9.15 Å². The van der Waals surface area contributed by atoms with E-state index in [1.807, 2.05) is 0 Å². The van der Waals surface area contributed by atoms with Gasteiger partial charge in [-0.25, -0.2) is 4.79 Å². The number of carbonyl (C=O) groups is 2. The normalized spacial score (nSPS) is 10.9. The minimum atomic E-state index is -0.675. The van der Waals surface area contributed by atoms with Gasteiger partial charge >= 0.3 is 5.97 Å². The van der Waals surface area contributed by atoms with Crippen LogP contribution in [0.3, 0.4) is 0 Å². The SMILES string of the molecule is COC(=O)/C(=C\c1ccccc1OC)NC(=O)c1ccco1. The van der Waals surface area contributed by atoms with E-state index < -0.39 is 11.9 Å². The second-order valence-electron chi connectivity index (χ2n) is 4.22. The van der Waals surface area contributed by atoms with Crippen LogP contribution in [0.1, 0.15) is 16.1 Å². The van der Waals surface area contributed by atoms with Gasteiger partial charge in [0.1, 0.15) is 11.4 Å². The van der Waals surface area contributed by atoms with Crippen molar-refractivity contribution in [2.45, 2.75) is 0 Å². The van der Waals surface area contributed by atoms with E-state index in [0.717, 1.165) is 0 Å². The molecule has 0 unspecified atom stereocenters. The van der Waals surface area contributed by atoms with Gasteiger partial charge in [0.25, 0.3) is 5.91 Å². The number of amides is 1. The van der Waals surface area contributed by atoms with Gasteiger partial charge in [-0.05, 0) is 24.3 Å². The fourth-order valence-electron chi connectivity index (χ4n) is 1.79. The van der Waals surface area contributed by atoms with Crippen LogP contribution in [0.25, 0.3) is 6.08 Å². The number of hydrogen-bond donors (Lipinski definition) is 1. The van der Waals surface area contributed by atoms with E-state index in [-0.39, 0.29) is 11.5 Å². The van der Waals surface area contributed by atoms with Crippen molar-refractivity contribution in [3.05, 3.63) is 59.7 Å². The number of nitrogens with one attached hydrogen (secondary N) is 1. The second-order valence-corrected chi connectivity index (χ2v) is 4.22. The van der Waals surface area contributed by atoms with E-state index in [0.29, 0.717) is 11.3 Å². The van der Waals surface area contributed by atoms with Crippen molar-refractivity contribution in [3.8, 4) is 5.75 Å². The molecule has 0 aliphatic rings. The van der Waals surface area contributed by atoms with Crippen molar-refractivity contribution in [2.75, 3.05) is 14.2 Å². The van der Waals surface area contributed by atoms with Crippen molar-refractivity contribution in [1.82, 2.24) is 5.32 Å². The molecule has 0 saturated heterocycles. The van der Waals surface area contributed by atoms with E-state index >= 15 is 0 Å². The lowest BCUT2D eigenvalue weighted by Crippen LogP contribution is -2.27. The van der Waals surface area contributed by atoms with Crippen molar-refractivity contribution >= 4 is 18.0 Å². The number of ether oxygens (including phenoxy) is 2. The van der Waals surface area contributed by atoms with Gasteiger partial charge in [0.15, 0.2) is 5.76 Å². The summed E-state index contributed by atoms with van der Waals surface area (Å²) in [6, 6.07) is 10.2. The Labute approximate surface area is 127 Å². The zero-order chi connectivity index (χ0) is 15.9. The number of benzene rings is 1. The Morgan fingerprint density at radius 1 is 1.14 bits per heavy atom. The Balaban J connectivity index is 2.32. The van der Waals surface area contributed by atoms with Gasteiger partial charge in [-0.3, -0.25) is 4.79 Å². The van der Waals surface area contributed by atoms with Gasteiger partial charge in [-0.15, -0.1) is 0 Å². The summed E-state index contributed by atoms with van der Waals surface area (Å²) in [5, 5.41) is 2.47. The van der Waals surface area contributed by atoms with Gasteiger partial charge < -0.3 is 19.2 Å². The molecule has 6 nitrogen and oxygen atoms in total. The van der Waals surface area contributed by atoms with E-state index in [1.54, 1.807) is 30.3 Å². The molecule has 0 bridgehead atoms. The Kier molecular flexibility index (Phi) is 4.98. The minimum Gasteiger partial charge on any atom is -0.496 e. The van der Waals surface area contributed by atoms with Crippen LogP contribution in [-0.4, -0.2) is 26.1 Å². The second kappa shape index (κ2) is 7.12. The lowest BCUT2D eigenvalue weighted by molar-refractivity contribution is -0.136. The molecule has 0 spiro atoms.